The van der Waals surface area contributed by atoms with Crippen molar-refractivity contribution in [2.75, 3.05) is 6.54 Å². The number of aliphatic hydroxyl groups excluding tert-OH is 2. The summed E-state index contributed by atoms with van der Waals surface area (Å²) < 4.78 is 5.19. The smallest absolute Gasteiger partial charge is 0.217 e. The molecule has 0 radical (unpaired) electrons. The van der Waals surface area contributed by atoms with Gasteiger partial charge < -0.3 is 25.6 Å². The Balaban J connectivity index is 2.91. The van der Waals surface area contributed by atoms with Gasteiger partial charge in [-0.05, 0) is 5.53 Å². The van der Waals surface area contributed by atoms with Gasteiger partial charge in [0.2, 0.25) is 11.8 Å². The molecule has 0 aromatic heterocycles. The summed E-state index contributed by atoms with van der Waals surface area (Å²) in [4.78, 5) is 24.8. The number of amides is 2. The average molecular weight is 287 g/mol. The number of nitrogens with zero attached hydrogens (tertiary/aromatic N) is 3. The number of ether oxygens (including phenoxy) is 1. The predicted molar refractivity (Wildman–Crippen MR) is 66.1 cm³/mol. The fraction of sp³-hybridized carbons (Fsp3) is 0.800. The first-order valence-electron chi connectivity index (χ1n) is 5.93. The quantitative estimate of drug-likeness (QED) is 0.278. The molecule has 1 saturated heterocycles. The molecule has 0 aromatic carbocycles. The highest BCUT2D eigenvalue weighted by molar-refractivity contribution is 5.74. The number of nitrogens with one attached hydrogen (secondary N) is 2. The average Bonchev–Trinajstić information content (AvgIpc) is 2.35. The predicted octanol–water partition coefficient (Wildman–Crippen LogP) is -1.62. The third-order valence-corrected chi connectivity index (χ3v) is 2.82. The van der Waals surface area contributed by atoms with Gasteiger partial charge in [-0.2, -0.15) is 0 Å². The van der Waals surface area contributed by atoms with E-state index in [0.717, 1.165) is 0 Å². The molecule has 4 N–H and O–H groups in total. The molecule has 10 heteroatoms. The summed E-state index contributed by atoms with van der Waals surface area (Å²) in [6.07, 6.45) is -3.66. The van der Waals surface area contributed by atoms with E-state index in [-0.39, 0.29) is 6.54 Å². The maximum absolute atomic E-state index is 11.2. The molecular weight excluding hydrogens is 270 g/mol. The van der Waals surface area contributed by atoms with Crippen molar-refractivity contribution in [3.63, 3.8) is 0 Å². The van der Waals surface area contributed by atoms with Crippen LogP contribution in [0.15, 0.2) is 5.11 Å². The lowest BCUT2D eigenvalue weighted by Gasteiger charge is -2.42. The molecule has 20 heavy (non-hydrogen) atoms. The van der Waals surface area contributed by atoms with Crippen molar-refractivity contribution in [1.82, 2.24) is 10.6 Å². The molecule has 1 aliphatic heterocycles. The first-order valence-corrected chi connectivity index (χ1v) is 5.93. The minimum absolute atomic E-state index is 0.178. The van der Waals surface area contributed by atoms with Crippen molar-refractivity contribution in [1.29, 1.82) is 0 Å². The zero-order valence-corrected chi connectivity index (χ0v) is 11.1. The standard InChI is InChI=1S/C10H17N5O5/c1-4(16)13-7-6(3-12-15-11)20-10(19)8(9(7)18)14-5(2)17/h6-10,18-19H,3H2,1-2H3,(H,13,16)(H,14,17). The van der Waals surface area contributed by atoms with Crippen LogP contribution in [0.25, 0.3) is 10.4 Å². The molecule has 0 spiro atoms. The summed E-state index contributed by atoms with van der Waals surface area (Å²) >= 11 is 0. The summed E-state index contributed by atoms with van der Waals surface area (Å²) in [6.45, 7) is 2.29. The summed E-state index contributed by atoms with van der Waals surface area (Å²) in [5, 5.41) is 28.0. The monoisotopic (exact) mass is 287 g/mol. The number of rotatable bonds is 4. The van der Waals surface area contributed by atoms with Gasteiger partial charge in [-0.3, -0.25) is 9.59 Å². The van der Waals surface area contributed by atoms with Gasteiger partial charge in [-0.25, -0.2) is 0 Å². The Labute approximate surface area is 114 Å². The molecule has 1 rings (SSSR count). The summed E-state index contributed by atoms with van der Waals surface area (Å²) in [5.74, 6) is -0.895. The van der Waals surface area contributed by atoms with E-state index in [2.05, 4.69) is 20.7 Å². The van der Waals surface area contributed by atoms with Gasteiger partial charge in [0.15, 0.2) is 6.29 Å². The van der Waals surface area contributed by atoms with Gasteiger partial charge in [0, 0.05) is 18.8 Å². The van der Waals surface area contributed by atoms with Crippen LogP contribution in [-0.4, -0.2) is 59.2 Å². The number of aliphatic hydroxyl groups is 2. The van der Waals surface area contributed by atoms with Gasteiger partial charge >= 0.3 is 0 Å². The topological polar surface area (TPSA) is 157 Å². The van der Waals surface area contributed by atoms with E-state index in [1.54, 1.807) is 0 Å². The van der Waals surface area contributed by atoms with Crippen molar-refractivity contribution in [3.8, 4) is 0 Å². The second-order valence-electron chi connectivity index (χ2n) is 4.42. The highest BCUT2D eigenvalue weighted by Crippen LogP contribution is 2.20. The zero-order chi connectivity index (χ0) is 15.3. The maximum atomic E-state index is 11.2. The SMILES string of the molecule is CC(=O)NC1C(O)OC(CN=[N+]=[N-])C(NC(C)=O)C1O. The lowest BCUT2D eigenvalue weighted by molar-refractivity contribution is -0.216. The van der Waals surface area contributed by atoms with Crippen molar-refractivity contribution in [2.24, 2.45) is 5.11 Å². The molecule has 0 aliphatic carbocycles. The molecule has 0 aromatic rings. The van der Waals surface area contributed by atoms with Crippen molar-refractivity contribution in [3.05, 3.63) is 10.4 Å². The Hall–Kier alpha value is -1.87. The van der Waals surface area contributed by atoms with Crippen LogP contribution in [0.1, 0.15) is 13.8 Å². The minimum Gasteiger partial charge on any atom is -0.389 e. The molecule has 0 bridgehead atoms. The van der Waals surface area contributed by atoms with Crippen LogP contribution >= 0.6 is 0 Å². The molecule has 1 aliphatic rings. The van der Waals surface area contributed by atoms with Crippen LogP contribution in [0, 0.1) is 0 Å². The number of hydrogen-bond acceptors (Lipinski definition) is 6. The maximum Gasteiger partial charge on any atom is 0.217 e. The number of carbonyl (C=O) groups is 2. The largest absolute Gasteiger partial charge is 0.389 e. The van der Waals surface area contributed by atoms with E-state index >= 15 is 0 Å². The Morgan fingerprint density at radius 3 is 2.30 bits per heavy atom. The normalized spacial score (nSPS) is 32.9. The molecule has 2 amide bonds. The second kappa shape index (κ2) is 7.06. The van der Waals surface area contributed by atoms with E-state index < -0.39 is 42.4 Å². The van der Waals surface area contributed by atoms with Gasteiger partial charge in [0.1, 0.15) is 12.1 Å². The van der Waals surface area contributed by atoms with E-state index in [1.807, 2.05) is 0 Å². The lowest BCUT2D eigenvalue weighted by Crippen LogP contribution is -2.68. The van der Waals surface area contributed by atoms with Crippen molar-refractivity contribution >= 4 is 11.8 Å². The third-order valence-electron chi connectivity index (χ3n) is 2.82. The van der Waals surface area contributed by atoms with Crippen LogP contribution in [0.5, 0.6) is 0 Å². The fourth-order valence-electron chi connectivity index (χ4n) is 2.04. The van der Waals surface area contributed by atoms with E-state index in [9.17, 15) is 19.8 Å². The van der Waals surface area contributed by atoms with Crippen LogP contribution in [0.2, 0.25) is 0 Å². The molecule has 10 nitrogen and oxygen atoms in total. The first kappa shape index (κ1) is 16.2. The minimum atomic E-state index is -1.47. The van der Waals surface area contributed by atoms with Crippen LogP contribution in [-0.2, 0) is 14.3 Å². The third kappa shape index (κ3) is 4.07. The van der Waals surface area contributed by atoms with Gasteiger partial charge in [0.25, 0.3) is 0 Å². The zero-order valence-electron chi connectivity index (χ0n) is 11.1. The molecule has 1 fully saturated rings. The second-order valence-corrected chi connectivity index (χ2v) is 4.42. The lowest BCUT2D eigenvalue weighted by atomic mass is 9.94. The highest BCUT2D eigenvalue weighted by Gasteiger charge is 2.45. The van der Waals surface area contributed by atoms with Crippen LogP contribution < -0.4 is 10.6 Å². The highest BCUT2D eigenvalue weighted by atomic mass is 16.6. The van der Waals surface area contributed by atoms with Gasteiger partial charge in [0.05, 0.1) is 18.7 Å². The van der Waals surface area contributed by atoms with E-state index in [1.165, 1.54) is 13.8 Å². The van der Waals surface area contributed by atoms with E-state index in [4.69, 9.17) is 10.3 Å². The number of azide groups is 1. The Morgan fingerprint density at radius 1 is 1.25 bits per heavy atom. The number of carbonyl (C=O) groups excluding carboxylic acids is 2. The van der Waals surface area contributed by atoms with Gasteiger partial charge in [-0.15, -0.1) is 0 Å². The molecule has 0 saturated carbocycles. The first-order chi connectivity index (χ1) is 9.36. The molecule has 1 heterocycles. The fourth-order valence-corrected chi connectivity index (χ4v) is 2.04. The van der Waals surface area contributed by atoms with Crippen LogP contribution in [0.3, 0.4) is 0 Å². The number of hydrogen-bond donors (Lipinski definition) is 4. The van der Waals surface area contributed by atoms with Crippen molar-refractivity contribution < 1.29 is 24.5 Å². The Morgan fingerprint density at radius 2 is 1.80 bits per heavy atom. The van der Waals surface area contributed by atoms with Crippen LogP contribution in [0.4, 0.5) is 0 Å². The molecule has 5 atom stereocenters. The van der Waals surface area contributed by atoms with Gasteiger partial charge in [-0.1, -0.05) is 5.11 Å². The molecule has 112 valence electrons. The molecular formula is C10H17N5O5. The van der Waals surface area contributed by atoms with E-state index in [0.29, 0.717) is 0 Å². The Kier molecular flexibility index (Phi) is 5.71. The summed E-state index contributed by atoms with van der Waals surface area (Å²) in [7, 11) is 0. The summed E-state index contributed by atoms with van der Waals surface area (Å²) in [6, 6.07) is -2.01. The van der Waals surface area contributed by atoms with Crippen molar-refractivity contribution in [2.45, 2.75) is 44.4 Å². The Bertz CT molecular complexity index is 424. The summed E-state index contributed by atoms with van der Waals surface area (Å²) in [5.41, 5.74) is 8.30. The molecule has 5 unspecified atom stereocenters.